The summed E-state index contributed by atoms with van der Waals surface area (Å²) in [6, 6.07) is 5.92. The summed E-state index contributed by atoms with van der Waals surface area (Å²) in [5.41, 5.74) is 2.14. The normalized spacial score (nSPS) is 10.7. The fraction of sp³-hybridized carbons (Fsp3) is 0.250. The first-order valence-electron chi connectivity index (χ1n) is 4.74. The molecule has 14 heavy (non-hydrogen) atoms. The molecule has 72 valence electrons. The number of carbonyl (C=O) groups is 1. The van der Waals surface area contributed by atoms with Gasteiger partial charge in [0.05, 0.1) is 0 Å². The Balaban J connectivity index is 2.83. The maximum absolute atomic E-state index is 10.8. The van der Waals surface area contributed by atoms with Crippen LogP contribution in [0.15, 0.2) is 18.2 Å². The third-order valence-electron chi connectivity index (χ3n) is 2.54. The molecular formula is C12H12OS. The fourth-order valence-corrected chi connectivity index (χ4v) is 2.96. The maximum atomic E-state index is 10.8. The van der Waals surface area contributed by atoms with E-state index in [-0.39, 0.29) is 0 Å². The molecule has 0 spiro atoms. The number of fused-ring (bicyclic) bond motifs is 1. The van der Waals surface area contributed by atoms with E-state index in [1.54, 1.807) is 11.3 Å². The first kappa shape index (κ1) is 9.41. The highest BCUT2D eigenvalue weighted by atomic mass is 32.1. The molecule has 0 unspecified atom stereocenters. The standard InChI is InChI=1S/C12H12OS/c1-3-11-8(2)10-6-4-5-9(7-13)12(10)14-11/h4-7H,3H2,1-2H3. The molecule has 0 bridgehead atoms. The van der Waals surface area contributed by atoms with Gasteiger partial charge in [-0.25, -0.2) is 0 Å². The molecule has 2 aromatic rings. The molecule has 0 aliphatic carbocycles. The Morgan fingerprint density at radius 3 is 2.86 bits per heavy atom. The van der Waals surface area contributed by atoms with Crippen molar-refractivity contribution in [1.29, 1.82) is 0 Å². The molecule has 0 saturated heterocycles. The van der Waals surface area contributed by atoms with Crippen LogP contribution in [0.2, 0.25) is 0 Å². The van der Waals surface area contributed by atoms with Gasteiger partial charge in [-0.3, -0.25) is 4.79 Å². The van der Waals surface area contributed by atoms with E-state index in [2.05, 4.69) is 19.9 Å². The van der Waals surface area contributed by atoms with Crippen molar-refractivity contribution in [3.8, 4) is 0 Å². The molecule has 0 radical (unpaired) electrons. The molecule has 0 fully saturated rings. The molecule has 0 atom stereocenters. The van der Waals surface area contributed by atoms with Crippen LogP contribution in [0.4, 0.5) is 0 Å². The first-order chi connectivity index (χ1) is 6.77. The molecule has 0 saturated carbocycles. The van der Waals surface area contributed by atoms with E-state index in [0.29, 0.717) is 0 Å². The van der Waals surface area contributed by atoms with Gasteiger partial charge >= 0.3 is 0 Å². The van der Waals surface area contributed by atoms with E-state index in [1.807, 2.05) is 12.1 Å². The van der Waals surface area contributed by atoms with Crippen LogP contribution in [-0.2, 0) is 6.42 Å². The highest BCUT2D eigenvalue weighted by molar-refractivity contribution is 7.19. The van der Waals surface area contributed by atoms with Crippen LogP contribution in [0.3, 0.4) is 0 Å². The third-order valence-corrected chi connectivity index (χ3v) is 4.04. The maximum Gasteiger partial charge on any atom is 0.151 e. The van der Waals surface area contributed by atoms with E-state index in [9.17, 15) is 4.79 Å². The summed E-state index contributed by atoms with van der Waals surface area (Å²) in [7, 11) is 0. The van der Waals surface area contributed by atoms with Gasteiger partial charge in [0.25, 0.3) is 0 Å². The summed E-state index contributed by atoms with van der Waals surface area (Å²) >= 11 is 1.74. The monoisotopic (exact) mass is 204 g/mol. The zero-order valence-corrected chi connectivity index (χ0v) is 9.15. The fourth-order valence-electron chi connectivity index (χ4n) is 1.74. The van der Waals surface area contributed by atoms with Gasteiger partial charge in [0.2, 0.25) is 0 Å². The van der Waals surface area contributed by atoms with E-state index in [1.165, 1.54) is 15.8 Å². The minimum Gasteiger partial charge on any atom is -0.298 e. The predicted octanol–water partition coefficient (Wildman–Crippen LogP) is 3.58. The lowest BCUT2D eigenvalue weighted by Gasteiger charge is -1.93. The molecule has 0 N–H and O–H groups in total. The molecular weight excluding hydrogens is 192 g/mol. The second-order valence-corrected chi connectivity index (χ2v) is 4.45. The van der Waals surface area contributed by atoms with E-state index >= 15 is 0 Å². The Morgan fingerprint density at radius 1 is 1.43 bits per heavy atom. The van der Waals surface area contributed by atoms with Crippen molar-refractivity contribution in [2.45, 2.75) is 20.3 Å². The van der Waals surface area contributed by atoms with Crippen molar-refractivity contribution < 1.29 is 4.79 Å². The molecule has 2 rings (SSSR count). The number of benzene rings is 1. The predicted molar refractivity (Wildman–Crippen MR) is 61.3 cm³/mol. The van der Waals surface area contributed by atoms with E-state index in [0.717, 1.165) is 23.0 Å². The van der Waals surface area contributed by atoms with Gasteiger partial charge in [0.15, 0.2) is 6.29 Å². The quantitative estimate of drug-likeness (QED) is 0.683. The second kappa shape index (κ2) is 3.54. The minimum atomic E-state index is 0.815. The zero-order valence-electron chi connectivity index (χ0n) is 8.33. The van der Waals surface area contributed by atoms with Crippen LogP contribution in [0.25, 0.3) is 10.1 Å². The average molecular weight is 204 g/mol. The molecule has 1 nitrogen and oxygen atoms in total. The van der Waals surface area contributed by atoms with Gasteiger partial charge in [0.1, 0.15) is 0 Å². The number of aldehydes is 1. The van der Waals surface area contributed by atoms with Crippen LogP contribution in [-0.4, -0.2) is 6.29 Å². The molecule has 2 heteroatoms. The van der Waals surface area contributed by atoms with E-state index in [4.69, 9.17) is 0 Å². The Kier molecular flexibility index (Phi) is 2.38. The van der Waals surface area contributed by atoms with Gasteiger partial charge in [-0.1, -0.05) is 25.1 Å². The van der Waals surface area contributed by atoms with Gasteiger partial charge in [-0.2, -0.15) is 0 Å². The van der Waals surface area contributed by atoms with Crippen molar-refractivity contribution in [2.24, 2.45) is 0 Å². The van der Waals surface area contributed by atoms with Crippen LogP contribution in [0.5, 0.6) is 0 Å². The van der Waals surface area contributed by atoms with Gasteiger partial charge < -0.3 is 0 Å². The second-order valence-electron chi connectivity index (χ2n) is 3.35. The number of hydrogen-bond donors (Lipinski definition) is 0. The Hall–Kier alpha value is -1.15. The van der Waals surface area contributed by atoms with Crippen molar-refractivity contribution in [2.75, 3.05) is 0 Å². The summed E-state index contributed by atoms with van der Waals surface area (Å²) in [6.07, 6.45) is 1.99. The first-order valence-corrected chi connectivity index (χ1v) is 5.55. The average Bonchev–Trinajstić information content (AvgIpc) is 2.55. The molecule has 0 amide bonds. The summed E-state index contributed by atoms with van der Waals surface area (Å²) in [5.74, 6) is 0. The molecule has 1 aromatic heterocycles. The summed E-state index contributed by atoms with van der Waals surface area (Å²) in [6.45, 7) is 4.28. The number of thiophene rings is 1. The topological polar surface area (TPSA) is 17.1 Å². The van der Waals surface area contributed by atoms with Crippen LogP contribution in [0.1, 0.15) is 27.7 Å². The van der Waals surface area contributed by atoms with Crippen LogP contribution < -0.4 is 0 Å². The van der Waals surface area contributed by atoms with Crippen molar-refractivity contribution in [3.05, 3.63) is 34.2 Å². The number of carbonyl (C=O) groups excluding carboxylic acids is 1. The third kappa shape index (κ3) is 1.26. The number of rotatable bonds is 2. The molecule has 0 aliphatic heterocycles. The SMILES string of the molecule is CCc1sc2c(C=O)cccc2c1C. The molecule has 1 aromatic carbocycles. The Bertz CT molecular complexity index is 482. The Labute approximate surface area is 87.4 Å². The smallest absolute Gasteiger partial charge is 0.151 e. The van der Waals surface area contributed by atoms with E-state index < -0.39 is 0 Å². The summed E-state index contributed by atoms with van der Waals surface area (Å²) in [5, 5.41) is 1.23. The van der Waals surface area contributed by atoms with Crippen molar-refractivity contribution >= 4 is 27.7 Å². The largest absolute Gasteiger partial charge is 0.298 e. The van der Waals surface area contributed by atoms with Gasteiger partial charge in [-0.15, -0.1) is 11.3 Å². The van der Waals surface area contributed by atoms with Crippen LogP contribution in [0, 0.1) is 6.92 Å². The van der Waals surface area contributed by atoms with Gasteiger partial charge in [0, 0.05) is 15.1 Å². The number of hydrogen-bond acceptors (Lipinski definition) is 2. The lowest BCUT2D eigenvalue weighted by atomic mass is 10.1. The van der Waals surface area contributed by atoms with Crippen LogP contribution >= 0.6 is 11.3 Å². The van der Waals surface area contributed by atoms with Crippen molar-refractivity contribution in [1.82, 2.24) is 0 Å². The number of aryl methyl sites for hydroxylation is 2. The minimum absolute atomic E-state index is 0.815. The van der Waals surface area contributed by atoms with Crippen molar-refractivity contribution in [3.63, 3.8) is 0 Å². The lowest BCUT2D eigenvalue weighted by molar-refractivity contribution is 0.112. The van der Waals surface area contributed by atoms with Gasteiger partial charge in [-0.05, 0) is 24.3 Å². The highest BCUT2D eigenvalue weighted by Crippen LogP contribution is 2.32. The lowest BCUT2D eigenvalue weighted by Crippen LogP contribution is -1.79. The highest BCUT2D eigenvalue weighted by Gasteiger charge is 2.09. The molecule has 0 aliphatic rings. The Morgan fingerprint density at radius 2 is 2.21 bits per heavy atom. The summed E-state index contributed by atoms with van der Waals surface area (Å²) < 4.78 is 1.14. The zero-order chi connectivity index (χ0) is 10.1. The summed E-state index contributed by atoms with van der Waals surface area (Å²) in [4.78, 5) is 12.2. The molecule has 1 heterocycles.